The third-order valence-electron chi connectivity index (χ3n) is 3.80. The van der Waals surface area contributed by atoms with E-state index in [2.05, 4.69) is 0 Å². The second kappa shape index (κ2) is 7.29. The predicted octanol–water partition coefficient (Wildman–Crippen LogP) is 2.64. The predicted molar refractivity (Wildman–Crippen MR) is 79.9 cm³/mol. The van der Waals surface area contributed by atoms with Gasteiger partial charge in [0.1, 0.15) is 5.75 Å². The molecule has 2 unspecified atom stereocenters. The fraction of sp³-hybridized carbons (Fsp3) is 0.562. The number of methoxy groups -OCH3 is 1. The molecule has 0 aliphatic heterocycles. The Balaban J connectivity index is 3.26. The first-order valence-corrected chi connectivity index (χ1v) is 7.04. The number of hydrogen-bond acceptors (Lipinski definition) is 4. The molecule has 0 saturated carbocycles. The maximum Gasteiger partial charge on any atom is 0.306 e. The molecule has 0 spiro atoms. The Hall–Kier alpha value is -1.55. The van der Waals surface area contributed by atoms with E-state index in [-0.39, 0.29) is 18.4 Å². The minimum absolute atomic E-state index is 0.150. The Labute approximate surface area is 121 Å². The summed E-state index contributed by atoms with van der Waals surface area (Å²) in [7, 11) is 1.40. The monoisotopic (exact) mass is 279 g/mol. The molecule has 20 heavy (non-hydrogen) atoms. The van der Waals surface area contributed by atoms with Crippen molar-refractivity contribution in [2.45, 2.75) is 45.1 Å². The first-order valence-electron chi connectivity index (χ1n) is 7.04. The van der Waals surface area contributed by atoms with Gasteiger partial charge >= 0.3 is 5.97 Å². The lowest BCUT2D eigenvalue weighted by Gasteiger charge is -2.35. The van der Waals surface area contributed by atoms with Crippen molar-refractivity contribution >= 4 is 5.97 Å². The molecule has 4 nitrogen and oxygen atoms in total. The third-order valence-corrected chi connectivity index (χ3v) is 3.80. The number of esters is 1. The Morgan fingerprint density at radius 3 is 2.55 bits per heavy atom. The summed E-state index contributed by atoms with van der Waals surface area (Å²) in [6, 6.07) is 7.60. The zero-order valence-corrected chi connectivity index (χ0v) is 12.8. The summed E-state index contributed by atoms with van der Waals surface area (Å²) in [4.78, 5) is 11.8. The normalized spacial score (nSPS) is 15.2. The topological polar surface area (TPSA) is 61.5 Å². The molecule has 1 rings (SSSR count). The highest BCUT2D eigenvalue weighted by Crippen LogP contribution is 2.38. The van der Waals surface area contributed by atoms with Crippen molar-refractivity contribution in [3.8, 4) is 5.75 Å². The fourth-order valence-corrected chi connectivity index (χ4v) is 2.47. The molecule has 0 fully saturated rings. The molecule has 2 N–H and O–H groups in total. The van der Waals surface area contributed by atoms with Crippen molar-refractivity contribution in [1.82, 2.24) is 0 Å². The summed E-state index contributed by atoms with van der Waals surface area (Å²) < 4.78 is 10.5. The Morgan fingerprint density at radius 2 is 2.00 bits per heavy atom. The van der Waals surface area contributed by atoms with E-state index in [0.29, 0.717) is 6.61 Å². The average Bonchev–Trinajstić information content (AvgIpc) is 2.46. The van der Waals surface area contributed by atoms with E-state index in [0.717, 1.165) is 17.7 Å². The smallest absolute Gasteiger partial charge is 0.306 e. The molecule has 1 aromatic carbocycles. The molecule has 0 saturated heterocycles. The molecule has 0 amide bonds. The van der Waals surface area contributed by atoms with E-state index < -0.39 is 5.41 Å². The number of nitrogens with two attached hydrogens (primary N) is 1. The molecule has 1 aromatic rings. The van der Waals surface area contributed by atoms with Gasteiger partial charge in [0.15, 0.2) is 0 Å². The number of para-hydroxylation sites is 1. The van der Waals surface area contributed by atoms with Crippen molar-refractivity contribution in [3.63, 3.8) is 0 Å². The average molecular weight is 279 g/mol. The minimum atomic E-state index is -0.506. The van der Waals surface area contributed by atoms with Gasteiger partial charge in [-0.15, -0.1) is 0 Å². The van der Waals surface area contributed by atoms with Crippen LogP contribution in [0.1, 0.15) is 39.2 Å². The van der Waals surface area contributed by atoms with E-state index in [9.17, 15) is 4.79 Å². The van der Waals surface area contributed by atoms with E-state index in [1.165, 1.54) is 7.11 Å². The fourth-order valence-electron chi connectivity index (χ4n) is 2.47. The molecule has 0 aliphatic rings. The first-order chi connectivity index (χ1) is 9.49. The Kier molecular flexibility index (Phi) is 6.02. The summed E-state index contributed by atoms with van der Waals surface area (Å²) in [6.07, 6.45) is 1.01. The second-order valence-electron chi connectivity index (χ2n) is 5.11. The van der Waals surface area contributed by atoms with Crippen molar-refractivity contribution in [3.05, 3.63) is 29.8 Å². The molecule has 0 aliphatic carbocycles. The van der Waals surface area contributed by atoms with Crippen LogP contribution in [0.5, 0.6) is 5.75 Å². The number of carbonyl (C=O) groups is 1. The maximum atomic E-state index is 11.8. The van der Waals surface area contributed by atoms with Gasteiger partial charge in [0.05, 0.1) is 20.1 Å². The van der Waals surface area contributed by atoms with Crippen molar-refractivity contribution in [1.29, 1.82) is 0 Å². The van der Waals surface area contributed by atoms with Gasteiger partial charge in [0.25, 0.3) is 0 Å². The zero-order chi connectivity index (χ0) is 15.2. The molecule has 2 atom stereocenters. The van der Waals surface area contributed by atoms with Crippen LogP contribution in [0, 0.1) is 0 Å². The second-order valence-corrected chi connectivity index (χ2v) is 5.11. The molecule has 112 valence electrons. The van der Waals surface area contributed by atoms with Gasteiger partial charge in [-0.1, -0.05) is 32.0 Å². The lowest BCUT2D eigenvalue weighted by atomic mass is 9.72. The van der Waals surface area contributed by atoms with E-state index >= 15 is 0 Å². The van der Waals surface area contributed by atoms with Crippen LogP contribution in [0.4, 0.5) is 0 Å². The molecule has 0 aromatic heterocycles. The first kappa shape index (κ1) is 16.5. The van der Waals surface area contributed by atoms with Gasteiger partial charge in [-0.2, -0.15) is 0 Å². The Bertz CT molecular complexity index is 447. The van der Waals surface area contributed by atoms with Crippen LogP contribution in [0.15, 0.2) is 24.3 Å². The summed E-state index contributed by atoms with van der Waals surface area (Å²) in [5.74, 6) is 0.521. The van der Waals surface area contributed by atoms with Crippen LogP contribution in [0.2, 0.25) is 0 Å². The molecule has 0 radical (unpaired) electrons. The summed E-state index contributed by atoms with van der Waals surface area (Å²) in [6.45, 7) is 6.53. The van der Waals surface area contributed by atoms with Crippen LogP contribution in [-0.2, 0) is 14.9 Å². The summed E-state index contributed by atoms with van der Waals surface area (Å²) >= 11 is 0. The van der Waals surface area contributed by atoms with Gasteiger partial charge < -0.3 is 15.2 Å². The minimum Gasteiger partial charge on any atom is -0.494 e. The van der Waals surface area contributed by atoms with Crippen molar-refractivity contribution in [2.75, 3.05) is 13.7 Å². The Morgan fingerprint density at radius 1 is 1.35 bits per heavy atom. The highest BCUT2D eigenvalue weighted by Gasteiger charge is 2.37. The van der Waals surface area contributed by atoms with Crippen LogP contribution in [-0.4, -0.2) is 25.7 Å². The number of carbonyl (C=O) groups excluding carboxylic acids is 1. The molecule has 4 heteroatoms. The van der Waals surface area contributed by atoms with Crippen molar-refractivity contribution in [2.24, 2.45) is 5.73 Å². The lowest BCUT2D eigenvalue weighted by molar-refractivity contribution is -0.142. The summed E-state index contributed by atoms with van der Waals surface area (Å²) in [5, 5.41) is 0. The highest BCUT2D eigenvalue weighted by molar-refractivity contribution is 5.72. The van der Waals surface area contributed by atoms with E-state index in [1.807, 2.05) is 45.0 Å². The number of ether oxygens (including phenoxy) is 2. The zero-order valence-electron chi connectivity index (χ0n) is 12.8. The largest absolute Gasteiger partial charge is 0.494 e. The van der Waals surface area contributed by atoms with Crippen LogP contribution in [0.25, 0.3) is 0 Å². The van der Waals surface area contributed by atoms with Gasteiger partial charge in [-0.3, -0.25) is 4.79 Å². The number of hydrogen-bond donors (Lipinski definition) is 1. The third kappa shape index (κ3) is 3.51. The molecule has 0 heterocycles. The van der Waals surface area contributed by atoms with Crippen LogP contribution >= 0.6 is 0 Å². The molecular weight excluding hydrogens is 254 g/mol. The number of benzene rings is 1. The van der Waals surface area contributed by atoms with E-state index in [4.69, 9.17) is 15.2 Å². The van der Waals surface area contributed by atoms with Gasteiger partial charge in [-0.05, 0) is 19.4 Å². The van der Waals surface area contributed by atoms with Gasteiger partial charge in [-0.25, -0.2) is 0 Å². The standard InChI is InChI=1S/C16H25NO3/c1-5-14(17)16(3,11-15(18)19-4)12-9-7-8-10-13(12)20-6-2/h7-10,14H,5-6,11,17H2,1-4H3. The van der Waals surface area contributed by atoms with Crippen LogP contribution < -0.4 is 10.5 Å². The maximum absolute atomic E-state index is 11.8. The number of rotatable bonds is 7. The van der Waals surface area contributed by atoms with Gasteiger partial charge in [0, 0.05) is 17.0 Å². The SMILES string of the molecule is CCOc1ccccc1C(C)(CC(=O)OC)C(N)CC. The van der Waals surface area contributed by atoms with Crippen LogP contribution in [0.3, 0.4) is 0 Å². The van der Waals surface area contributed by atoms with E-state index in [1.54, 1.807) is 0 Å². The van der Waals surface area contributed by atoms with Gasteiger partial charge in [0.2, 0.25) is 0 Å². The van der Waals surface area contributed by atoms with Crippen molar-refractivity contribution < 1.29 is 14.3 Å². The quantitative estimate of drug-likeness (QED) is 0.779. The molecule has 0 bridgehead atoms. The molecular formula is C16H25NO3. The highest BCUT2D eigenvalue weighted by atomic mass is 16.5. The lowest BCUT2D eigenvalue weighted by Crippen LogP contribution is -2.44. The summed E-state index contributed by atoms with van der Waals surface area (Å²) in [5.41, 5.74) is 6.74.